The molecule has 430 valence electrons. The number of nitrogens with one attached hydrogen (secondary N) is 1. The van der Waals surface area contributed by atoms with Gasteiger partial charge in [-0.3, -0.25) is 4.99 Å². The zero-order chi connectivity index (χ0) is 55.1. The van der Waals surface area contributed by atoms with Crippen molar-refractivity contribution < 1.29 is 31.8 Å². The summed E-state index contributed by atoms with van der Waals surface area (Å²) in [7, 11) is 0. The number of piperidine rings is 4. The predicted molar refractivity (Wildman–Crippen MR) is 302 cm³/mol. The molecule has 0 bridgehead atoms. The van der Waals surface area contributed by atoms with Gasteiger partial charge in [0.1, 0.15) is 17.1 Å². The molecule has 16 nitrogen and oxygen atoms in total. The fourth-order valence-corrected chi connectivity index (χ4v) is 13.9. The van der Waals surface area contributed by atoms with E-state index in [-0.39, 0.29) is 80.3 Å². The summed E-state index contributed by atoms with van der Waals surface area (Å²) in [6, 6.07) is 16.9. The van der Waals surface area contributed by atoms with Crippen LogP contribution in [0.5, 0.6) is 0 Å². The molecular weight excluding hydrogens is 1050 g/mol. The third-order valence-corrected chi connectivity index (χ3v) is 18.3. The normalized spacial score (nSPS) is 24.4. The first-order valence-electron chi connectivity index (χ1n) is 28.7. The largest absolute Gasteiger partial charge is 0.444 e. The van der Waals surface area contributed by atoms with Crippen LogP contribution in [-0.2, 0) is 28.9 Å². The Labute approximate surface area is 472 Å². The van der Waals surface area contributed by atoms with E-state index >= 15 is 0 Å². The number of amides is 1. The number of nitrogens with two attached hydrogens (primary N) is 1. The first-order chi connectivity index (χ1) is 37.8. The second-order valence-electron chi connectivity index (χ2n) is 24.7. The van der Waals surface area contributed by atoms with Crippen LogP contribution in [0.2, 0.25) is 0 Å². The summed E-state index contributed by atoms with van der Waals surface area (Å²) in [5.41, 5.74) is 15.8. The number of alkyl carbamates (subject to hydrolysis) is 1. The van der Waals surface area contributed by atoms with Crippen molar-refractivity contribution in [2.75, 3.05) is 73.7 Å². The Kier molecular flexibility index (Phi) is 15.0. The third-order valence-electron chi connectivity index (χ3n) is 18.3. The molecule has 1 amide bonds. The molecule has 0 saturated carbocycles. The van der Waals surface area contributed by atoms with E-state index in [0.717, 1.165) is 124 Å². The Balaban J connectivity index is 0.000000175. The summed E-state index contributed by atoms with van der Waals surface area (Å²) in [5, 5.41) is 8.17. The highest BCUT2D eigenvalue weighted by atomic mass is 35.5. The number of ether oxygens (including phenoxy) is 2. The smallest absolute Gasteiger partial charge is 0.408 e. The van der Waals surface area contributed by atoms with Crippen molar-refractivity contribution in [2.24, 2.45) is 21.6 Å². The molecule has 5 saturated heterocycles. The summed E-state index contributed by atoms with van der Waals surface area (Å²) < 4.78 is 68.9. The van der Waals surface area contributed by atoms with Gasteiger partial charge in [0.25, 0.3) is 11.8 Å². The molecule has 13 rings (SSSR count). The van der Waals surface area contributed by atoms with Crippen molar-refractivity contribution in [3.8, 4) is 0 Å². The standard InChI is InChI=1S/C34H45F2N7O3.C25H30F2N6.ClH/c1-22-28(39-29-26(37-22)30(42-18-14-34(35,36)15-19-42)40-43(29)25-11-7-8-20-45-25)41-16-12-33(13-17-41)21-23-9-5-6-10-24(23)27(33)38-31(44)46-32(2,3)4;1-16-22(31-19-15-29-23(20(19)30-16)33-12-8-25(26,27)9-13-33)32-10-6-24(7-11-32)14-17-4-2-3-5-18(17)21(24)28;/h5-6,9-10,25,27H,7-8,11-21H2,1-4H3,(H,38,44);2-5,21H,6-15,28H2,1H3;1H/t25?,27-;21-;/m11./s1. The van der Waals surface area contributed by atoms with Crippen molar-refractivity contribution in [3.05, 3.63) is 93.6 Å². The van der Waals surface area contributed by atoms with E-state index < -0.39 is 23.5 Å². The van der Waals surface area contributed by atoms with Crippen molar-refractivity contribution in [1.29, 1.82) is 0 Å². The molecule has 0 radical (unpaired) electrons. The lowest BCUT2D eigenvalue weighted by Crippen LogP contribution is -2.48. The average molecular weight is 1130 g/mol. The fraction of sp³-hybridized carbons (Fsp3) is 0.610. The Morgan fingerprint density at radius 1 is 0.688 bits per heavy atom. The molecule has 2 aliphatic carbocycles. The Morgan fingerprint density at radius 2 is 1.23 bits per heavy atom. The molecule has 3 atom stereocenters. The van der Waals surface area contributed by atoms with Gasteiger partial charge in [-0.2, -0.15) is 0 Å². The van der Waals surface area contributed by atoms with Gasteiger partial charge in [0.2, 0.25) is 0 Å². The number of halogens is 5. The highest BCUT2D eigenvalue weighted by Gasteiger charge is 2.50. The minimum atomic E-state index is -2.65. The Morgan fingerprint density at radius 3 is 1.84 bits per heavy atom. The first kappa shape index (κ1) is 56.0. The average Bonchev–Trinajstić information content (AvgIpc) is 4.33. The maximum absolute atomic E-state index is 14.0. The second kappa shape index (κ2) is 21.5. The maximum atomic E-state index is 14.0. The molecule has 8 aliphatic rings. The van der Waals surface area contributed by atoms with Crippen molar-refractivity contribution in [3.63, 3.8) is 0 Å². The minimum Gasteiger partial charge on any atom is -0.444 e. The number of amidine groups is 1. The number of nitrogens with zero attached hydrogens (tertiary/aromatic N) is 11. The van der Waals surface area contributed by atoms with Crippen LogP contribution >= 0.6 is 12.4 Å². The maximum Gasteiger partial charge on any atom is 0.408 e. The number of hydrogen-bond acceptors (Lipinski definition) is 14. The number of hydrogen-bond donors (Lipinski definition) is 2. The van der Waals surface area contributed by atoms with Crippen LogP contribution in [0.1, 0.15) is 155 Å². The van der Waals surface area contributed by atoms with Gasteiger partial charge in [-0.05, 0) is 120 Å². The molecule has 2 aromatic carbocycles. The summed E-state index contributed by atoms with van der Waals surface area (Å²) in [5.74, 6) is -2.14. The van der Waals surface area contributed by atoms with Gasteiger partial charge < -0.3 is 40.1 Å². The molecule has 80 heavy (non-hydrogen) atoms. The number of anilines is 3. The lowest BCUT2D eigenvalue weighted by Gasteiger charge is -2.44. The van der Waals surface area contributed by atoms with Crippen LogP contribution in [0.15, 0.2) is 53.5 Å². The molecule has 5 aromatic rings. The van der Waals surface area contributed by atoms with Gasteiger partial charge in [0, 0.05) is 96.1 Å². The summed E-state index contributed by atoms with van der Waals surface area (Å²) in [6.45, 7) is 15.1. The van der Waals surface area contributed by atoms with Crippen LogP contribution in [0.3, 0.4) is 0 Å². The van der Waals surface area contributed by atoms with Gasteiger partial charge >= 0.3 is 6.09 Å². The molecular formula is C59H76ClF4N13O3. The topological polar surface area (TPSA) is 168 Å². The molecule has 6 aliphatic heterocycles. The van der Waals surface area contributed by atoms with Gasteiger partial charge in [-0.15, -0.1) is 17.5 Å². The van der Waals surface area contributed by atoms with E-state index in [2.05, 4.69) is 62.6 Å². The second-order valence-corrected chi connectivity index (χ2v) is 24.7. The Hall–Kier alpha value is -5.86. The summed E-state index contributed by atoms with van der Waals surface area (Å²) in [4.78, 5) is 46.2. The number of fused-ring (bicyclic) bond motifs is 4. The van der Waals surface area contributed by atoms with E-state index in [1.54, 1.807) is 0 Å². The number of carbonyl (C=O) groups excluding carboxylic acids is 1. The molecule has 5 fully saturated rings. The lowest BCUT2D eigenvalue weighted by atomic mass is 9.72. The number of rotatable bonds is 5. The molecule has 21 heteroatoms. The van der Waals surface area contributed by atoms with Gasteiger partial charge in [0.05, 0.1) is 29.7 Å². The van der Waals surface area contributed by atoms with E-state index in [9.17, 15) is 22.4 Å². The van der Waals surface area contributed by atoms with Crippen LogP contribution in [-0.4, -0.2) is 123 Å². The van der Waals surface area contributed by atoms with Crippen LogP contribution in [0, 0.1) is 24.7 Å². The van der Waals surface area contributed by atoms with Crippen molar-refractivity contribution >= 4 is 53.0 Å². The van der Waals surface area contributed by atoms with Crippen molar-refractivity contribution in [2.45, 2.75) is 160 Å². The lowest BCUT2D eigenvalue weighted by molar-refractivity contribution is -0.0434. The number of carbonyl (C=O) groups is 1. The molecule has 2 spiro atoms. The monoisotopic (exact) mass is 1130 g/mol. The molecule has 3 aromatic heterocycles. The highest BCUT2D eigenvalue weighted by Crippen LogP contribution is 2.54. The Bertz CT molecular complexity index is 3130. The SMILES string of the molecule is Cc1nc2c(N3CCC(F)(F)CC3)nn(C3CCCCO3)c2nc1N1CCC2(CC1)Cc1ccccc1[C@H]2NC(=O)OC(C)(C)C.Cc1nc2c(nc1N1CCC3(CC1)Cc1ccccc1[C@H]3N)CN=C2N1CCC(F)(F)CC1.Cl. The van der Waals surface area contributed by atoms with Gasteiger partial charge in [-0.1, -0.05) is 48.5 Å². The highest BCUT2D eigenvalue weighted by molar-refractivity contribution is 6.00. The predicted octanol–water partition coefficient (Wildman–Crippen LogP) is 10.5. The summed E-state index contributed by atoms with van der Waals surface area (Å²) >= 11 is 0. The third kappa shape index (κ3) is 10.8. The van der Waals surface area contributed by atoms with Gasteiger partial charge in [-0.25, -0.2) is 47.0 Å². The fourth-order valence-electron chi connectivity index (χ4n) is 13.9. The van der Waals surface area contributed by atoms with Crippen LogP contribution in [0.4, 0.5) is 39.8 Å². The van der Waals surface area contributed by atoms with E-state index in [1.165, 1.54) is 22.3 Å². The number of aromatic nitrogens is 6. The zero-order valence-corrected chi connectivity index (χ0v) is 47.6. The number of aliphatic imine (C=N–C) groups is 1. The minimum absolute atomic E-state index is 0. The van der Waals surface area contributed by atoms with E-state index in [4.69, 9.17) is 40.2 Å². The first-order valence-corrected chi connectivity index (χ1v) is 28.7. The van der Waals surface area contributed by atoms with Gasteiger partial charge in [0.15, 0.2) is 34.9 Å². The van der Waals surface area contributed by atoms with E-state index in [1.807, 2.05) is 55.2 Å². The van der Waals surface area contributed by atoms with Crippen molar-refractivity contribution in [1.82, 2.24) is 39.9 Å². The van der Waals surface area contributed by atoms with E-state index in [0.29, 0.717) is 43.2 Å². The summed E-state index contributed by atoms with van der Waals surface area (Å²) in [6.07, 6.45) is 7.26. The van der Waals surface area contributed by atoms with Crippen LogP contribution < -0.4 is 25.8 Å². The van der Waals surface area contributed by atoms with Crippen LogP contribution in [0.25, 0.3) is 11.2 Å². The molecule has 3 N–H and O–H groups in total. The number of aryl methyl sites for hydroxylation is 2. The number of benzene rings is 2. The molecule has 9 heterocycles. The zero-order valence-electron chi connectivity index (χ0n) is 46.8. The quantitative estimate of drug-likeness (QED) is 0.160. The number of alkyl halides is 4. The number of likely N-dealkylation sites (tertiary alicyclic amines) is 1. The molecule has 1 unspecified atom stereocenters.